The topological polar surface area (TPSA) is 120 Å². The number of nitrogens with two attached hydrogens (primary N) is 1. The summed E-state index contributed by atoms with van der Waals surface area (Å²) in [6.45, 7) is 6.24. The number of rotatable bonds is 7. The average molecular weight is 525 g/mol. The van der Waals surface area contributed by atoms with Crippen molar-refractivity contribution in [2.45, 2.75) is 57.5 Å². The van der Waals surface area contributed by atoms with Gasteiger partial charge in [0.15, 0.2) is 0 Å². The molecule has 202 valence electrons. The number of carbonyl (C=O) groups excluding carboxylic acids is 1. The highest BCUT2D eigenvalue weighted by Crippen LogP contribution is 2.31. The summed E-state index contributed by atoms with van der Waals surface area (Å²) in [4.78, 5) is 24.8. The largest absolute Gasteiger partial charge is 0.447 e. The van der Waals surface area contributed by atoms with E-state index in [2.05, 4.69) is 20.0 Å². The number of piperidine rings is 1. The molecule has 2 atom stereocenters. The fraction of sp³-hybridized carbons (Fsp3) is 0.481. The predicted molar refractivity (Wildman–Crippen MR) is 138 cm³/mol. The second-order valence-corrected chi connectivity index (χ2v) is 10.0. The lowest BCUT2D eigenvalue weighted by Crippen LogP contribution is -2.41. The van der Waals surface area contributed by atoms with Crippen LogP contribution < -0.4 is 10.6 Å². The molecule has 1 amide bonds. The number of anilines is 1. The molecule has 2 unspecified atom stereocenters. The zero-order valence-corrected chi connectivity index (χ0v) is 21.6. The fourth-order valence-electron chi connectivity index (χ4n) is 4.93. The highest BCUT2D eigenvalue weighted by Gasteiger charge is 2.33. The number of likely N-dealkylation sites (tertiary alicyclic amines) is 1. The summed E-state index contributed by atoms with van der Waals surface area (Å²) in [5.41, 5.74) is 7.70. The molecule has 2 saturated heterocycles. The Hall–Kier alpha value is -3.57. The SMILES string of the molecule is CC(C)OC(=O)N1CCC(OCc2nc(-c3ccc(N4CC(N)C(c5ccccc5F)C4)nc3)no2)CC1. The number of benzene rings is 1. The van der Waals surface area contributed by atoms with E-state index in [-0.39, 0.29) is 42.7 Å². The number of hydrogen-bond donors (Lipinski definition) is 1. The summed E-state index contributed by atoms with van der Waals surface area (Å²) in [6, 6.07) is 10.4. The van der Waals surface area contributed by atoms with E-state index in [1.807, 2.05) is 32.0 Å². The molecule has 0 saturated carbocycles. The second kappa shape index (κ2) is 11.4. The second-order valence-electron chi connectivity index (χ2n) is 10.0. The molecule has 5 rings (SSSR count). The Balaban J connectivity index is 1.13. The molecule has 0 radical (unpaired) electrons. The highest BCUT2D eigenvalue weighted by atomic mass is 19.1. The fourth-order valence-corrected chi connectivity index (χ4v) is 4.93. The summed E-state index contributed by atoms with van der Waals surface area (Å²) in [7, 11) is 0. The lowest BCUT2D eigenvalue weighted by molar-refractivity contribution is -0.0147. The first-order chi connectivity index (χ1) is 18.4. The molecule has 10 nitrogen and oxygen atoms in total. The molecule has 2 aliphatic heterocycles. The minimum absolute atomic E-state index is 0.00872. The van der Waals surface area contributed by atoms with Gasteiger partial charge in [-0.3, -0.25) is 0 Å². The quantitative estimate of drug-likeness (QED) is 0.493. The molecule has 2 fully saturated rings. The first kappa shape index (κ1) is 26.1. The van der Waals surface area contributed by atoms with Crippen molar-refractivity contribution < 1.29 is 23.2 Å². The zero-order chi connectivity index (χ0) is 26.6. The molecule has 2 aliphatic rings. The Labute approximate surface area is 220 Å². The number of ether oxygens (including phenoxy) is 2. The molecule has 38 heavy (non-hydrogen) atoms. The van der Waals surface area contributed by atoms with Crippen LogP contribution in [-0.4, -0.2) is 70.5 Å². The van der Waals surface area contributed by atoms with Crippen molar-refractivity contribution in [3.63, 3.8) is 0 Å². The molecule has 11 heteroatoms. The van der Waals surface area contributed by atoms with Gasteiger partial charge in [0.1, 0.15) is 18.2 Å². The third-order valence-electron chi connectivity index (χ3n) is 6.95. The van der Waals surface area contributed by atoms with Crippen LogP contribution in [0.1, 0.15) is 44.1 Å². The lowest BCUT2D eigenvalue weighted by atomic mass is 9.94. The molecule has 3 aromatic rings. The van der Waals surface area contributed by atoms with Gasteiger partial charge in [0, 0.05) is 49.9 Å². The van der Waals surface area contributed by atoms with Gasteiger partial charge in [0.05, 0.1) is 12.2 Å². The number of nitrogens with zero attached hydrogens (tertiary/aromatic N) is 5. The van der Waals surface area contributed by atoms with E-state index in [0.717, 1.165) is 24.2 Å². The van der Waals surface area contributed by atoms with Crippen molar-refractivity contribution in [2.24, 2.45) is 5.73 Å². The molecule has 2 aromatic heterocycles. The van der Waals surface area contributed by atoms with Crippen molar-refractivity contribution in [2.75, 3.05) is 31.1 Å². The molecule has 2 N–H and O–H groups in total. The molecular weight excluding hydrogens is 491 g/mol. The van der Waals surface area contributed by atoms with Crippen LogP contribution in [0.5, 0.6) is 0 Å². The van der Waals surface area contributed by atoms with Crippen LogP contribution >= 0.6 is 0 Å². The number of aromatic nitrogens is 3. The van der Waals surface area contributed by atoms with Crippen molar-refractivity contribution in [1.29, 1.82) is 0 Å². The Bertz CT molecular complexity index is 1230. The molecule has 4 heterocycles. The molecule has 0 bridgehead atoms. The van der Waals surface area contributed by atoms with Gasteiger partial charge in [-0.05, 0) is 50.5 Å². The molecule has 0 aliphatic carbocycles. The van der Waals surface area contributed by atoms with Crippen molar-refractivity contribution >= 4 is 11.9 Å². The van der Waals surface area contributed by atoms with Gasteiger partial charge in [-0.25, -0.2) is 14.2 Å². The van der Waals surface area contributed by atoms with Crippen LogP contribution in [-0.2, 0) is 16.1 Å². The van der Waals surface area contributed by atoms with Crippen LogP contribution in [0, 0.1) is 5.82 Å². The van der Waals surface area contributed by atoms with Crippen LogP contribution in [0.15, 0.2) is 47.1 Å². The predicted octanol–water partition coefficient (Wildman–Crippen LogP) is 3.73. The summed E-state index contributed by atoms with van der Waals surface area (Å²) in [5.74, 6) is 1.24. The van der Waals surface area contributed by atoms with Gasteiger partial charge < -0.3 is 29.5 Å². The molecule has 0 spiro atoms. The Morgan fingerprint density at radius 2 is 1.97 bits per heavy atom. The summed E-state index contributed by atoms with van der Waals surface area (Å²) < 4.78 is 30.9. The number of pyridine rings is 1. The van der Waals surface area contributed by atoms with Crippen LogP contribution in [0.4, 0.5) is 15.0 Å². The van der Waals surface area contributed by atoms with Gasteiger partial charge in [-0.2, -0.15) is 4.98 Å². The molecule has 1 aromatic carbocycles. The number of amides is 1. The van der Waals surface area contributed by atoms with Gasteiger partial charge in [-0.1, -0.05) is 23.4 Å². The minimum atomic E-state index is -0.280. The first-order valence-electron chi connectivity index (χ1n) is 13.0. The summed E-state index contributed by atoms with van der Waals surface area (Å²) in [5, 5.41) is 4.06. The number of carbonyl (C=O) groups is 1. The van der Waals surface area contributed by atoms with E-state index in [4.69, 9.17) is 19.7 Å². The summed E-state index contributed by atoms with van der Waals surface area (Å²) >= 11 is 0. The van der Waals surface area contributed by atoms with E-state index in [1.165, 1.54) is 6.07 Å². The Morgan fingerprint density at radius 3 is 2.68 bits per heavy atom. The highest BCUT2D eigenvalue weighted by molar-refractivity contribution is 5.67. The maximum absolute atomic E-state index is 14.3. The standard InChI is InChI=1S/C27H33FN6O4/c1-17(2)37-27(35)33-11-9-19(10-12-33)36-16-25-31-26(32-38-25)18-7-8-24(30-13-18)34-14-21(23(29)15-34)20-5-3-4-6-22(20)28/h3-8,13,17,19,21,23H,9-12,14-16,29H2,1-2H3. The Kier molecular flexibility index (Phi) is 7.85. The smallest absolute Gasteiger partial charge is 0.410 e. The van der Waals surface area contributed by atoms with Crippen LogP contribution in [0.25, 0.3) is 11.4 Å². The van der Waals surface area contributed by atoms with E-state index in [1.54, 1.807) is 23.2 Å². The summed E-state index contributed by atoms with van der Waals surface area (Å²) in [6.07, 6.45) is 2.73. The van der Waals surface area contributed by atoms with Crippen molar-refractivity contribution in [3.05, 3.63) is 59.9 Å². The van der Waals surface area contributed by atoms with Crippen LogP contribution in [0.2, 0.25) is 0 Å². The number of hydrogen-bond acceptors (Lipinski definition) is 9. The van der Waals surface area contributed by atoms with Gasteiger partial charge in [0.25, 0.3) is 5.89 Å². The van der Waals surface area contributed by atoms with E-state index in [9.17, 15) is 9.18 Å². The van der Waals surface area contributed by atoms with E-state index >= 15 is 0 Å². The van der Waals surface area contributed by atoms with Crippen LogP contribution in [0.3, 0.4) is 0 Å². The zero-order valence-electron chi connectivity index (χ0n) is 21.6. The maximum Gasteiger partial charge on any atom is 0.410 e. The van der Waals surface area contributed by atoms with Gasteiger partial charge >= 0.3 is 6.09 Å². The first-order valence-corrected chi connectivity index (χ1v) is 13.0. The minimum Gasteiger partial charge on any atom is -0.447 e. The Morgan fingerprint density at radius 1 is 1.18 bits per heavy atom. The maximum atomic E-state index is 14.3. The normalized spacial score (nSPS) is 20.3. The molecular formula is C27H33FN6O4. The monoisotopic (exact) mass is 524 g/mol. The van der Waals surface area contributed by atoms with Crippen molar-refractivity contribution in [1.82, 2.24) is 20.0 Å². The third-order valence-corrected chi connectivity index (χ3v) is 6.95. The van der Waals surface area contributed by atoms with Crippen molar-refractivity contribution in [3.8, 4) is 11.4 Å². The van der Waals surface area contributed by atoms with Gasteiger partial charge in [-0.15, -0.1) is 0 Å². The average Bonchev–Trinajstić information content (AvgIpc) is 3.55. The van der Waals surface area contributed by atoms with Gasteiger partial charge in [0.2, 0.25) is 5.82 Å². The third kappa shape index (κ3) is 5.94. The number of halogens is 1. The lowest BCUT2D eigenvalue weighted by Gasteiger charge is -2.31. The van der Waals surface area contributed by atoms with E-state index < -0.39 is 0 Å². The van der Waals surface area contributed by atoms with E-state index in [0.29, 0.717) is 43.5 Å².